The van der Waals surface area contributed by atoms with Gasteiger partial charge in [-0.1, -0.05) is 115 Å². The SMILES string of the molecule is CCOc1ccccc1N.CCOc1ccccc1N1C(=O)C=CC1=O.CCOc1ccccc1N1C(=O)C=CC1=O.CCOc1ccccc1N1C(=O)CC(N(O)c2ccccc2)C1=O.CCOc1ccccc1NC(=O)/C=C\C(=O)O.O=C1C=CC(=O)O1.O=[N+]([O-])c1ccccc1.ONc1ccccc1. The third-order valence-electron chi connectivity index (χ3n) is 13.7. The number of esters is 2. The maximum absolute atomic E-state index is 12.7. The minimum Gasteiger partial charge on any atom is -0.492 e. The Hall–Kier alpha value is -14.1. The summed E-state index contributed by atoms with van der Waals surface area (Å²) >= 11 is 0. The van der Waals surface area contributed by atoms with Gasteiger partial charge in [0, 0.05) is 60.7 Å². The number of nitro groups is 1. The zero-order chi connectivity index (χ0) is 78.0. The summed E-state index contributed by atoms with van der Waals surface area (Å²) in [6.07, 6.45) is 8.82. The summed E-state index contributed by atoms with van der Waals surface area (Å²) in [6, 6.07) is 60.0. The van der Waals surface area contributed by atoms with Crippen LogP contribution in [-0.2, 0) is 52.7 Å². The van der Waals surface area contributed by atoms with Crippen LogP contribution < -0.4 is 60.0 Å². The van der Waals surface area contributed by atoms with Gasteiger partial charge in [-0.05, 0) is 120 Å². The number of nitro benzene ring substituents is 1. The van der Waals surface area contributed by atoms with Crippen molar-refractivity contribution in [3.63, 3.8) is 0 Å². The monoisotopic (exact) mass is 1460 g/mol. The molecule has 4 heterocycles. The number of hydroxylamine groups is 1. The highest BCUT2D eigenvalue weighted by molar-refractivity contribution is 6.29. The van der Waals surface area contributed by atoms with E-state index in [0.717, 1.165) is 49.8 Å². The predicted molar refractivity (Wildman–Crippen MR) is 398 cm³/mol. The molecule has 0 aliphatic carbocycles. The van der Waals surface area contributed by atoms with Gasteiger partial charge in [-0.3, -0.25) is 59.6 Å². The van der Waals surface area contributed by atoms with Crippen molar-refractivity contribution in [1.29, 1.82) is 0 Å². The fraction of sp³-hybridized carbons (Fsp3) is 0.154. The van der Waals surface area contributed by atoms with Crippen LogP contribution in [0.4, 0.5) is 45.5 Å². The number of carbonyl (C=O) groups excluding carboxylic acids is 9. The highest BCUT2D eigenvalue weighted by Gasteiger charge is 2.44. The van der Waals surface area contributed by atoms with E-state index in [2.05, 4.69) is 10.1 Å². The first-order valence-corrected chi connectivity index (χ1v) is 32.8. The topological polar surface area (TPSA) is 393 Å². The number of nitrogens with zero attached hydrogens (tertiary/aromatic N) is 5. The second kappa shape index (κ2) is 45.0. The molecule has 556 valence electrons. The number of anilines is 7. The first kappa shape index (κ1) is 83.6. The van der Waals surface area contributed by atoms with Crippen LogP contribution in [-0.4, -0.2) is 119 Å². The van der Waals surface area contributed by atoms with Crippen molar-refractivity contribution in [2.24, 2.45) is 0 Å². The van der Waals surface area contributed by atoms with E-state index in [1.807, 2.05) is 88.6 Å². The molecule has 29 heteroatoms. The van der Waals surface area contributed by atoms with Gasteiger partial charge in [-0.15, -0.1) is 0 Å². The fourth-order valence-corrected chi connectivity index (χ4v) is 9.16. The van der Waals surface area contributed by atoms with Crippen LogP contribution in [0.25, 0.3) is 0 Å². The van der Waals surface area contributed by atoms with Gasteiger partial charge >= 0.3 is 17.9 Å². The largest absolute Gasteiger partial charge is 0.492 e. The number of nitrogens with two attached hydrogens (primary N) is 1. The number of non-ortho nitro benzene ring substituents is 1. The molecule has 4 aliphatic rings. The smallest absolute Gasteiger partial charge is 0.338 e. The minimum atomic E-state index is -1.17. The third-order valence-corrected chi connectivity index (χ3v) is 13.7. The zero-order valence-corrected chi connectivity index (χ0v) is 58.6. The highest BCUT2D eigenvalue weighted by atomic mass is 16.6. The Bertz CT molecular complexity index is 4300. The van der Waals surface area contributed by atoms with Crippen LogP contribution in [0.15, 0.2) is 261 Å². The Morgan fingerprint density at radius 2 is 0.869 bits per heavy atom. The number of carboxylic acids is 1. The number of cyclic esters (lactones) is 2. The van der Waals surface area contributed by atoms with Crippen LogP contribution >= 0.6 is 0 Å². The van der Waals surface area contributed by atoms with Crippen molar-refractivity contribution >= 4 is 105 Å². The Labute approximate surface area is 615 Å². The van der Waals surface area contributed by atoms with Crippen LogP contribution in [0.3, 0.4) is 0 Å². The molecule has 1 fully saturated rings. The number of rotatable bonds is 20. The number of hydrogen-bond donors (Lipinski definition) is 6. The molecule has 8 aromatic carbocycles. The number of aliphatic carboxylic acids is 1. The number of nitrogen functional groups attached to an aromatic ring is 1. The number of carboxylic acid groups (broad SMARTS) is 1. The van der Waals surface area contributed by atoms with Crippen molar-refractivity contribution in [3.05, 3.63) is 271 Å². The number of carbonyl (C=O) groups is 10. The van der Waals surface area contributed by atoms with E-state index in [1.54, 1.807) is 152 Å². The molecule has 0 aromatic heterocycles. The standard InChI is InChI=1S/C18H18N2O4.C12H13NO4.2C12H11NO3.C8H11NO.C6H5NO2.C6H7NO.C4H2O3/c1-2-24-16-11-7-6-10-14(16)19-17(21)12-15(18(19)22)20(23)13-8-4-3-5-9-13;1-2-17-10-6-4-3-5-9(10)13-11(14)7-8-12(15)16;2*1-2-16-10-6-4-3-5-9(10)13-11(14)7-8-12(13)15;1-2-10-8-6-4-3-5-7(8)9;8-7(9)6-4-2-1-3-5-6;8-7-6-4-2-1-3-5-6;5-3-1-2-4(6)7-3/h3-11,15,23H,2,12H2,1H3;3-8H,2H2,1H3,(H,13,14)(H,15,16);2*3-8H,2H2,1H3;3-6H,2,9H2,1H3;1-5H;1-5,7-8H;1-2H/b;8-7-;;;;;;. The maximum Gasteiger partial charge on any atom is 0.338 e. The van der Waals surface area contributed by atoms with Gasteiger partial charge in [0.05, 0.1) is 84.2 Å². The lowest BCUT2D eigenvalue weighted by Crippen LogP contribution is -2.40. The van der Waals surface area contributed by atoms with E-state index in [1.165, 1.54) is 36.4 Å². The van der Waals surface area contributed by atoms with Gasteiger partial charge in [0.2, 0.25) is 11.8 Å². The van der Waals surface area contributed by atoms with Crippen LogP contribution in [0.5, 0.6) is 28.7 Å². The van der Waals surface area contributed by atoms with Crippen LogP contribution in [0.1, 0.15) is 41.0 Å². The Balaban J connectivity index is 0.000000226. The Morgan fingerprint density at radius 3 is 1.25 bits per heavy atom. The molecular formula is C78H78N8O21. The van der Waals surface area contributed by atoms with Gasteiger partial charge < -0.3 is 44.6 Å². The molecule has 12 rings (SSSR count). The summed E-state index contributed by atoms with van der Waals surface area (Å²) in [5, 5.41) is 40.4. The number of hydrogen-bond acceptors (Lipinski definition) is 23. The molecule has 0 radical (unpaired) electrons. The van der Waals surface area contributed by atoms with Gasteiger partial charge in [0.25, 0.3) is 35.2 Å². The number of benzene rings is 8. The zero-order valence-electron chi connectivity index (χ0n) is 58.6. The maximum atomic E-state index is 12.7. The summed E-state index contributed by atoms with van der Waals surface area (Å²) in [4.78, 5) is 125. The van der Waals surface area contributed by atoms with E-state index in [0.29, 0.717) is 95.8 Å². The van der Waals surface area contributed by atoms with E-state index in [9.17, 15) is 63.3 Å². The molecular weight excluding hydrogens is 1380 g/mol. The molecule has 7 N–H and O–H groups in total. The van der Waals surface area contributed by atoms with Gasteiger partial charge in [-0.25, -0.2) is 34.1 Å². The van der Waals surface area contributed by atoms with Crippen molar-refractivity contribution < 1.29 is 96.8 Å². The van der Waals surface area contributed by atoms with Gasteiger partial charge in [-0.2, -0.15) is 0 Å². The molecule has 29 nitrogen and oxygen atoms in total. The molecule has 8 aromatic rings. The minimum absolute atomic E-state index is 0.0926. The van der Waals surface area contributed by atoms with Crippen LogP contribution in [0.2, 0.25) is 0 Å². The molecule has 1 atom stereocenters. The quantitative estimate of drug-likeness (QED) is 0.00785. The third kappa shape index (κ3) is 27.0. The van der Waals surface area contributed by atoms with Crippen molar-refractivity contribution in [1.82, 2.24) is 0 Å². The molecule has 4 aliphatic heterocycles. The van der Waals surface area contributed by atoms with E-state index in [-0.39, 0.29) is 41.6 Å². The molecule has 1 unspecified atom stereocenters. The molecule has 7 amide bonds. The average Bonchev–Trinajstić information content (AvgIpc) is 1.67. The number of nitrogens with one attached hydrogen (secondary N) is 2. The van der Waals surface area contributed by atoms with Gasteiger partial charge in [0.1, 0.15) is 34.8 Å². The molecule has 0 bridgehead atoms. The lowest BCUT2D eigenvalue weighted by atomic mass is 10.2. The first-order valence-electron chi connectivity index (χ1n) is 32.8. The molecule has 107 heavy (non-hydrogen) atoms. The Morgan fingerprint density at radius 1 is 0.505 bits per heavy atom. The summed E-state index contributed by atoms with van der Waals surface area (Å²) in [7, 11) is 0. The number of para-hydroxylation sites is 13. The lowest BCUT2D eigenvalue weighted by molar-refractivity contribution is -0.384. The summed E-state index contributed by atoms with van der Waals surface area (Å²) in [6.45, 7) is 11.8. The van der Waals surface area contributed by atoms with Crippen molar-refractivity contribution in [3.8, 4) is 28.7 Å². The second-order valence-electron chi connectivity index (χ2n) is 21.1. The van der Waals surface area contributed by atoms with Crippen molar-refractivity contribution in [2.45, 2.75) is 47.1 Å². The first-order chi connectivity index (χ1) is 51.6. The molecule has 0 spiro atoms. The molecule has 0 saturated carbocycles. The highest BCUT2D eigenvalue weighted by Crippen LogP contribution is 2.35. The summed E-state index contributed by atoms with van der Waals surface area (Å²) < 4.78 is 30.7. The van der Waals surface area contributed by atoms with E-state index >= 15 is 0 Å². The van der Waals surface area contributed by atoms with E-state index in [4.69, 9.17) is 39.7 Å². The van der Waals surface area contributed by atoms with E-state index < -0.39 is 40.7 Å². The fourth-order valence-electron chi connectivity index (χ4n) is 9.16. The normalized spacial score (nSPS) is 13.3. The average molecular weight is 1460 g/mol. The Kier molecular flexibility index (Phi) is 35.2. The number of imide groups is 3. The van der Waals surface area contributed by atoms with Gasteiger partial charge in [0.15, 0.2) is 0 Å². The molecule has 1 saturated heterocycles. The number of amides is 7. The lowest BCUT2D eigenvalue weighted by Gasteiger charge is -2.23. The summed E-state index contributed by atoms with van der Waals surface area (Å²) in [5.41, 5.74) is 11.5. The predicted octanol–water partition coefficient (Wildman–Crippen LogP) is 11.7. The van der Waals surface area contributed by atoms with Crippen molar-refractivity contribution in [2.75, 3.05) is 69.3 Å². The number of ether oxygens (including phenoxy) is 6. The second-order valence-corrected chi connectivity index (χ2v) is 21.1. The van der Waals surface area contributed by atoms with Crippen LogP contribution in [0, 0.1) is 10.1 Å². The summed E-state index contributed by atoms with van der Waals surface area (Å²) in [5.74, 6) is -2.17.